The largest absolute Gasteiger partial charge is 0.416 e. The van der Waals surface area contributed by atoms with Gasteiger partial charge in [-0.05, 0) is 29.9 Å². The molecule has 16 heavy (non-hydrogen) atoms. The molecule has 1 aromatic rings. The van der Waals surface area contributed by atoms with Crippen molar-refractivity contribution in [3.05, 3.63) is 29.3 Å². The van der Waals surface area contributed by atoms with Gasteiger partial charge in [-0.1, -0.05) is 6.92 Å². The summed E-state index contributed by atoms with van der Waals surface area (Å²) in [4.78, 5) is 0.510. The summed E-state index contributed by atoms with van der Waals surface area (Å²) >= 11 is 1.31. The van der Waals surface area contributed by atoms with Crippen molar-refractivity contribution in [1.29, 1.82) is 0 Å². The second-order valence-electron chi connectivity index (χ2n) is 2.91. The Kier molecular flexibility index (Phi) is 4.13. The molecule has 0 amide bonds. The van der Waals surface area contributed by atoms with E-state index in [4.69, 9.17) is 5.73 Å². The van der Waals surface area contributed by atoms with Crippen LogP contribution in [0.5, 0.6) is 0 Å². The van der Waals surface area contributed by atoms with Gasteiger partial charge >= 0.3 is 6.18 Å². The molecule has 0 saturated carbocycles. The maximum Gasteiger partial charge on any atom is 0.416 e. The van der Waals surface area contributed by atoms with Gasteiger partial charge in [-0.25, -0.2) is 0 Å². The van der Waals surface area contributed by atoms with Crippen LogP contribution >= 0.6 is 11.8 Å². The summed E-state index contributed by atoms with van der Waals surface area (Å²) in [5, 5.41) is 0. The minimum atomic E-state index is -4.32. The maximum absolute atomic E-state index is 12.5. The van der Waals surface area contributed by atoms with Crippen LogP contribution in [0, 0.1) is 12.0 Å². The lowest BCUT2D eigenvalue weighted by Crippen LogP contribution is -2.05. The summed E-state index contributed by atoms with van der Waals surface area (Å²) in [7, 11) is 0. The van der Waals surface area contributed by atoms with Crippen molar-refractivity contribution in [3.63, 3.8) is 0 Å². The Morgan fingerprint density at radius 1 is 1.38 bits per heavy atom. The van der Waals surface area contributed by atoms with Gasteiger partial charge in [-0.3, -0.25) is 0 Å². The molecule has 0 radical (unpaired) electrons. The van der Waals surface area contributed by atoms with Gasteiger partial charge in [0.05, 0.1) is 5.56 Å². The molecule has 0 atom stereocenters. The third-order valence-corrected chi connectivity index (χ3v) is 2.75. The van der Waals surface area contributed by atoms with E-state index < -0.39 is 11.7 Å². The lowest BCUT2D eigenvalue weighted by molar-refractivity contribution is -0.137. The Morgan fingerprint density at radius 3 is 2.56 bits per heavy atom. The van der Waals surface area contributed by atoms with E-state index in [2.05, 4.69) is 12.0 Å². The molecule has 0 aliphatic rings. The van der Waals surface area contributed by atoms with Crippen molar-refractivity contribution < 1.29 is 13.2 Å². The van der Waals surface area contributed by atoms with E-state index in [1.165, 1.54) is 17.8 Å². The summed E-state index contributed by atoms with van der Waals surface area (Å²) in [5.41, 5.74) is 4.93. The SMILES string of the molecule is CCSc1cc(C(F)(F)F)ccc1C#CN. The first kappa shape index (κ1) is 12.8. The van der Waals surface area contributed by atoms with Crippen LogP contribution < -0.4 is 5.73 Å². The minimum absolute atomic E-state index is 0.510. The molecule has 0 unspecified atom stereocenters. The summed E-state index contributed by atoms with van der Waals surface area (Å²) in [5.74, 6) is 3.26. The fraction of sp³-hybridized carbons (Fsp3) is 0.273. The van der Waals surface area contributed by atoms with Crippen molar-refractivity contribution >= 4 is 11.8 Å². The second kappa shape index (κ2) is 5.17. The van der Waals surface area contributed by atoms with Crippen molar-refractivity contribution in [3.8, 4) is 12.0 Å². The molecule has 0 fully saturated rings. The van der Waals surface area contributed by atoms with Crippen molar-refractivity contribution in [2.75, 3.05) is 5.75 Å². The van der Waals surface area contributed by atoms with Crippen LogP contribution in [0.25, 0.3) is 0 Å². The van der Waals surface area contributed by atoms with Crippen LogP contribution in [0.3, 0.4) is 0 Å². The number of hydrogen-bond donors (Lipinski definition) is 1. The zero-order valence-electron chi connectivity index (χ0n) is 8.56. The highest BCUT2D eigenvalue weighted by Gasteiger charge is 2.30. The molecular weight excluding hydrogens is 235 g/mol. The van der Waals surface area contributed by atoms with Crippen molar-refractivity contribution in [1.82, 2.24) is 0 Å². The highest BCUT2D eigenvalue weighted by atomic mass is 32.2. The summed E-state index contributed by atoms with van der Waals surface area (Å²) < 4.78 is 37.4. The van der Waals surface area contributed by atoms with E-state index in [0.717, 1.165) is 12.1 Å². The number of alkyl halides is 3. The molecule has 0 heterocycles. The molecule has 1 nitrogen and oxygen atoms in total. The van der Waals surface area contributed by atoms with Gasteiger partial charge in [0.15, 0.2) is 0 Å². The first-order valence-corrected chi connectivity index (χ1v) is 5.53. The van der Waals surface area contributed by atoms with Gasteiger partial charge in [0.2, 0.25) is 0 Å². The Labute approximate surface area is 96.2 Å². The molecule has 0 spiro atoms. The van der Waals surface area contributed by atoms with Gasteiger partial charge in [0, 0.05) is 16.5 Å². The van der Waals surface area contributed by atoms with Gasteiger partial charge in [0.1, 0.15) is 0 Å². The monoisotopic (exact) mass is 245 g/mol. The molecule has 86 valence electrons. The van der Waals surface area contributed by atoms with Gasteiger partial charge < -0.3 is 5.73 Å². The maximum atomic E-state index is 12.5. The Hall–Kier alpha value is -1.28. The predicted molar refractivity (Wildman–Crippen MR) is 58.9 cm³/mol. The van der Waals surface area contributed by atoms with Gasteiger partial charge in [-0.15, -0.1) is 11.8 Å². The number of benzene rings is 1. The molecule has 0 aromatic heterocycles. The lowest BCUT2D eigenvalue weighted by Gasteiger charge is -2.09. The van der Waals surface area contributed by atoms with Crippen molar-refractivity contribution in [2.24, 2.45) is 5.73 Å². The molecule has 0 aliphatic carbocycles. The van der Waals surface area contributed by atoms with E-state index in [-0.39, 0.29) is 0 Å². The minimum Gasteiger partial charge on any atom is -0.359 e. The third-order valence-electron chi connectivity index (χ3n) is 1.82. The molecule has 2 N–H and O–H groups in total. The van der Waals surface area contributed by atoms with Crippen LogP contribution in [0.4, 0.5) is 13.2 Å². The Bertz CT molecular complexity index is 429. The van der Waals surface area contributed by atoms with Crippen LogP contribution in [0.15, 0.2) is 23.1 Å². The summed E-state index contributed by atoms with van der Waals surface area (Å²) in [6, 6.07) is 5.66. The van der Waals surface area contributed by atoms with E-state index in [9.17, 15) is 13.2 Å². The highest BCUT2D eigenvalue weighted by molar-refractivity contribution is 7.99. The third kappa shape index (κ3) is 3.11. The van der Waals surface area contributed by atoms with E-state index in [1.54, 1.807) is 0 Å². The average Bonchev–Trinajstić information content (AvgIpc) is 2.19. The highest BCUT2D eigenvalue weighted by Crippen LogP contribution is 2.33. The number of halogens is 3. The first-order valence-electron chi connectivity index (χ1n) is 4.54. The quantitative estimate of drug-likeness (QED) is 0.492. The van der Waals surface area contributed by atoms with Crippen LogP contribution in [-0.2, 0) is 6.18 Å². The van der Waals surface area contributed by atoms with Crippen LogP contribution in [-0.4, -0.2) is 5.75 Å². The topological polar surface area (TPSA) is 26.0 Å². The molecule has 1 rings (SSSR count). The fourth-order valence-corrected chi connectivity index (χ4v) is 1.95. The average molecular weight is 245 g/mol. The van der Waals surface area contributed by atoms with Crippen LogP contribution in [0.1, 0.15) is 18.1 Å². The zero-order chi connectivity index (χ0) is 12.2. The number of rotatable bonds is 2. The molecule has 0 bridgehead atoms. The Balaban J connectivity index is 3.20. The fourth-order valence-electron chi connectivity index (χ4n) is 1.15. The molecular formula is C11H10F3NS. The lowest BCUT2D eigenvalue weighted by atomic mass is 10.1. The van der Waals surface area contributed by atoms with E-state index in [0.29, 0.717) is 16.2 Å². The predicted octanol–water partition coefficient (Wildman–Crippen LogP) is 3.09. The van der Waals surface area contributed by atoms with Crippen LogP contribution in [0.2, 0.25) is 0 Å². The van der Waals surface area contributed by atoms with Gasteiger partial charge in [0.25, 0.3) is 0 Å². The zero-order valence-corrected chi connectivity index (χ0v) is 9.38. The number of hydrogen-bond acceptors (Lipinski definition) is 2. The van der Waals surface area contributed by atoms with Gasteiger partial charge in [-0.2, -0.15) is 13.2 Å². The molecule has 5 heteroatoms. The van der Waals surface area contributed by atoms with E-state index >= 15 is 0 Å². The molecule has 1 aromatic carbocycles. The number of thioether (sulfide) groups is 1. The smallest absolute Gasteiger partial charge is 0.359 e. The number of nitrogens with two attached hydrogens (primary N) is 1. The van der Waals surface area contributed by atoms with E-state index in [1.807, 2.05) is 6.92 Å². The second-order valence-corrected chi connectivity index (χ2v) is 4.22. The van der Waals surface area contributed by atoms with Crippen molar-refractivity contribution in [2.45, 2.75) is 18.0 Å². The molecule has 0 saturated heterocycles. The Morgan fingerprint density at radius 2 is 2.06 bits per heavy atom. The summed E-state index contributed by atoms with van der Waals surface area (Å²) in [6.45, 7) is 1.87. The first-order chi connectivity index (χ1) is 7.49. The normalized spacial score (nSPS) is 10.8. The standard InChI is InChI=1S/C11H10F3NS/c1-2-16-10-7-9(11(12,13)14)4-3-8(10)5-6-15/h3-4,7H,2,15H2,1H3. The summed E-state index contributed by atoms with van der Waals surface area (Å²) in [6.07, 6.45) is -4.32. The molecule has 0 aliphatic heterocycles.